The van der Waals surface area contributed by atoms with Crippen molar-refractivity contribution >= 4 is 15.9 Å². The third-order valence-electron chi connectivity index (χ3n) is 5.15. The normalized spacial score (nSPS) is 20.2. The SMILES string of the molecule is O=C(c1ccc(CS(=O)(=O)N2CCCCC2)cc1)N1CCCCCC1. The summed E-state index contributed by atoms with van der Waals surface area (Å²) in [6.07, 6.45) is 7.52. The topological polar surface area (TPSA) is 57.7 Å². The van der Waals surface area contributed by atoms with Gasteiger partial charge in [0.1, 0.15) is 0 Å². The molecule has 0 saturated carbocycles. The molecule has 0 aromatic heterocycles. The molecule has 2 aliphatic rings. The van der Waals surface area contributed by atoms with Crippen molar-refractivity contribution in [1.82, 2.24) is 9.21 Å². The van der Waals surface area contributed by atoms with Crippen molar-refractivity contribution < 1.29 is 13.2 Å². The smallest absolute Gasteiger partial charge is 0.253 e. The molecule has 0 atom stereocenters. The van der Waals surface area contributed by atoms with Crippen molar-refractivity contribution in [1.29, 1.82) is 0 Å². The highest BCUT2D eigenvalue weighted by Gasteiger charge is 2.24. The van der Waals surface area contributed by atoms with Crippen molar-refractivity contribution in [2.45, 2.75) is 50.7 Å². The lowest BCUT2D eigenvalue weighted by atomic mass is 10.1. The fourth-order valence-electron chi connectivity index (χ4n) is 3.64. The highest BCUT2D eigenvalue weighted by Crippen LogP contribution is 2.18. The molecule has 2 fully saturated rings. The molecule has 0 bridgehead atoms. The van der Waals surface area contributed by atoms with E-state index in [4.69, 9.17) is 0 Å². The van der Waals surface area contributed by atoms with Gasteiger partial charge in [-0.2, -0.15) is 0 Å². The minimum atomic E-state index is -3.26. The fourth-order valence-corrected chi connectivity index (χ4v) is 5.26. The van der Waals surface area contributed by atoms with Gasteiger partial charge in [-0.05, 0) is 43.4 Å². The van der Waals surface area contributed by atoms with Gasteiger partial charge in [0.25, 0.3) is 5.91 Å². The van der Waals surface area contributed by atoms with Gasteiger partial charge in [-0.15, -0.1) is 0 Å². The molecule has 2 saturated heterocycles. The van der Waals surface area contributed by atoms with Gasteiger partial charge in [-0.1, -0.05) is 31.4 Å². The van der Waals surface area contributed by atoms with Crippen LogP contribution in [-0.2, 0) is 15.8 Å². The van der Waals surface area contributed by atoms with Crippen LogP contribution < -0.4 is 0 Å². The average Bonchev–Trinajstić information content (AvgIpc) is 2.92. The van der Waals surface area contributed by atoms with Crippen LogP contribution in [-0.4, -0.2) is 49.7 Å². The number of nitrogens with zero attached hydrogens (tertiary/aromatic N) is 2. The summed E-state index contributed by atoms with van der Waals surface area (Å²) in [5.41, 5.74) is 1.40. The van der Waals surface area contributed by atoms with E-state index in [1.54, 1.807) is 28.6 Å². The zero-order valence-corrected chi connectivity index (χ0v) is 15.6. The summed E-state index contributed by atoms with van der Waals surface area (Å²) in [7, 11) is -3.26. The third-order valence-corrected chi connectivity index (χ3v) is 7.00. The number of amides is 1. The van der Waals surface area contributed by atoms with Gasteiger partial charge in [-0.3, -0.25) is 4.79 Å². The van der Waals surface area contributed by atoms with Gasteiger partial charge in [0.05, 0.1) is 5.75 Å². The van der Waals surface area contributed by atoms with E-state index in [1.165, 1.54) is 12.8 Å². The highest BCUT2D eigenvalue weighted by atomic mass is 32.2. The Morgan fingerprint density at radius 1 is 0.800 bits per heavy atom. The standard InChI is InChI=1S/C19H28N2O3S/c22-19(20-12-4-1-2-5-13-20)18-10-8-17(9-11-18)16-25(23,24)21-14-6-3-7-15-21/h8-11H,1-7,12-16H2. The van der Waals surface area contributed by atoms with Crippen molar-refractivity contribution in [3.8, 4) is 0 Å². The van der Waals surface area contributed by atoms with E-state index >= 15 is 0 Å². The first-order chi connectivity index (χ1) is 12.1. The maximum Gasteiger partial charge on any atom is 0.253 e. The molecule has 2 aliphatic heterocycles. The molecule has 5 nitrogen and oxygen atoms in total. The minimum Gasteiger partial charge on any atom is -0.339 e. The average molecular weight is 365 g/mol. The lowest BCUT2D eigenvalue weighted by Crippen LogP contribution is -2.36. The Kier molecular flexibility index (Phi) is 6.12. The third kappa shape index (κ3) is 4.82. The zero-order chi connectivity index (χ0) is 17.7. The quantitative estimate of drug-likeness (QED) is 0.825. The molecule has 0 N–H and O–H groups in total. The fraction of sp³-hybridized carbons (Fsp3) is 0.632. The lowest BCUT2D eigenvalue weighted by molar-refractivity contribution is 0.0761. The molecular formula is C19H28N2O3S. The summed E-state index contributed by atoms with van der Waals surface area (Å²) in [6.45, 7) is 2.91. The summed E-state index contributed by atoms with van der Waals surface area (Å²) >= 11 is 0. The predicted octanol–water partition coefficient (Wildman–Crippen LogP) is 3.02. The van der Waals surface area contributed by atoms with E-state index in [1.807, 2.05) is 4.90 Å². The summed E-state index contributed by atoms with van der Waals surface area (Å²) in [5.74, 6) is 0.0814. The zero-order valence-electron chi connectivity index (χ0n) is 14.8. The van der Waals surface area contributed by atoms with Crippen LogP contribution in [0.4, 0.5) is 0 Å². The maximum absolute atomic E-state index is 12.6. The van der Waals surface area contributed by atoms with E-state index in [9.17, 15) is 13.2 Å². The first-order valence-corrected chi connectivity index (χ1v) is 11.0. The second-order valence-corrected chi connectivity index (χ2v) is 9.09. The molecule has 1 aromatic rings. The molecule has 1 amide bonds. The Labute approximate surface area is 151 Å². The van der Waals surface area contributed by atoms with Crippen LogP contribution in [0.25, 0.3) is 0 Å². The minimum absolute atomic E-state index is 0.0190. The van der Waals surface area contributed by atoms with Gasteiger partial charge in [-0.25, -0.2) is 12.7 Å². The number of piperidine rings is 1. The first kappa shape index (κ1) is 18.4. The molecule has 0 aliphatic carbocycles. The number of carbonyl (C=O) groups excluding carboxylic acids is 1. The van der Waals surface area contributed by atoms with Gasteiger partial charge in [0.2, 0.25) is 10.0 Å². The van der Waals surface area contributed by atoms with Crippen molar-refractivity contribution in [2.24, 2.45) is 0 Å². The van der Waals surface area contributed by atoms with E-state index in [0.29, 0.717) is 18.7 Å². The molecule has 1 aromatic carbocycles. The number of benzene rings is 1. The number of likely N-dealkylation sites (tertiary alicyclic amines) is 1. The summed E-state index contributed by atoms with van der Waals surface area (Å²) in [5, 5.41) is 0. The number of hydrogen-bond acceptors (Lipinski definition) is 3. The van der Waals surface area contributed by atoms with Crippen LogP contribution in [0.3, 0.4) is 0 Å². The van der Waals surface area contributed by atoms with E-state index in [0.717, 1.165) is 50.8 Å². The molecule has 0 unspecified atom stereocenters. The van der Waals surface area contributed by atoms with Crippen molar-refractivity contribution in [2.75, 3.05) is 26.2 Å². The van der Waals surface area contributed by atoms with Gasteiger partial charge >= 0.3 is 0 Å². The van der Waals surface area contributed by atoms with Crippen LogP contribution in [0.5, 0.6) is 0 Å². The Bertz CT molecular complexity index is 671. The molecule has 6 heteroatoms. The lowest BCUT2D eigenvalue weighted by Gasteiger charge is -2.26. The van der Waals surface area contributed by atoms with E-state index < -0.39 is 10.0 Å². The Morgan fingerprint density at radius 3 is 1.92 bits per heavy atom. The van der Waals surface area contributed by atoms with Gasteiger partial charge in [0, 0.05) is 31.7 Å². The van der Waals surface area contributed by atoms with Gasteiger partial charge in [0.15, 0.2) is 0 Å². The molecule has 138 valence electrons. The Morgan fingerprint density at radius 2 is 1.32 bits per heavy atom. The van der Waals surface area contributed by atoms with Crippen molar-refractivity contribution in [3.63, 3.8) is 0 Å². The monoisotopic (exact) mass is 364 g/mol. The second kappa shape index (κ2) is 8.32. The van der Waals surface area contributed by atoms with Crippen LogP contribution in [0, 0.1) is 0 Å². The number of hydrogen-bond donors (Lipinski definition) is 0. The summed E-state index contributed by atoms with van der Waals surface area (Å²) < 4.78 is 26.6. The Balaban J connectivity index is 1.64. The number of rotatable bonds is 4. The first-order valence-electron chi connectivity index (χ1n) is 9.42. The maximum atomic E-state index is 12.6. The molecule has 3 rings (SSSR count). The highest BCUT2D eigenvalue weighted by molar-refractivity contribution is 7.88. The van der Waals surface area contributed by atoms with Crippen molar-refractivity contribution in [3.05, 3.63) is 35.4 Å². The molecule has 0 spiro atoms. The van der Waals surface area contributed by atoms with Gasteiger partial charge < -0.3 is 4.90 Å². The van der Waals surface area contributed by atoms with Crippen LogP contribution in [0.15, 0.2) is 24.3 Å². The van der Waals surface area contributed by atoms with Crippen LogP contribution >= 0.6 is 0 Å². The molecule has 25 heavy (non-hydrogen) atoms. The molecule has 0 radical (unpaired) electrons. The largest absolute Gasteiger partial charge is 0.339 e. The molecule has 2 heterocycles. The van der Waals surface area contributed by atoms with E-state index in [2.05, 4.69) is 0 Å². The summed E-state index contributed by atoms with van der Waals surface area (Å²) in [6, 6.07) is 7.11. The van der Waals surface area contributed by atoms with Crippen LogP contribution in [0.2, 0.25) is 0 Å². The predicted molar refractivity (Wildman–Crippen MR) is 98.9 cm³/mol. The molecular weight excluding hydrogens is 336 g/mol. The van der Waals surface area contributed by atoms with E-state index in [-0.39, 0.29) is 11.7 Å². The number of carbonyl (C=O) groups is 1. The Hall–Kier alpha value is -1.40. The van der Waals surface area contributed by atoms with Crippen LogP contribution in [0.1, 0.15) is 60.9 Å². The number of sulfonamides is 1. The second-order valence-electron chi connectivity index (χ2n) is 7.12. The summed E-state index contributed by atoms with van der Waals surface area (Å²) in [4.78, 5) is 14.5.